The van der Waals surface area contributed by atoms with Gasteiger partial charge in [-0.2, -0.15) is 0 Å². The second-order valence-electron chi connectivity index (χ2n) is 6.44. The molecule has 3 nitrogen and oxygen atoms in total. The molecule has 0 radical (unpaired) electrons. The predicted molar refractivity (Wildman–Crippen MR) is 98.9 cm³/mol. The van der Waals surface area contributed by atoms with E-state index < -0.39 is 5.97 Å². The van der Waals surface area contributed by atoms with Crippen molar-refractivity contribution in [3.05, 3.63) is 71.8 Å². The number of hydrogen-bond donors (Lipinski definition) is 0. The van der Waals surface area contributed by atoms with E-state index in [1.54, 1.807) is 12.1 Å². The van der Waals surface area contributed by atoms with E-state index in [4.69, 9.17) is 4.74 Å². The molecule has 1 saturated heterocycles. The van der Waals surface area contributed by atoms with Crippen LogP contribution in [0.25, 0.3) is 0 Å². The fraction of sp³-hybridized carbons (Fsp3) is 0.318. The average Bonchev–Trinajstić information content (AvgIpc) is 2.68. The van der Waals surface area contributed by atoms with Crippen molar-refractivity contribution < 1.29 is 9.53 Å². The van der Waals surface area contributed by atoms with Crippen molar-refractivity contribution in [2.45, 2.75) is 19.3 Å². The summed E-state index contributed by atoms with van der Waals surface area (Å²) in [5.41, 5.74) is 1.95. The molecule has 2 aromatic rings. The third kappa shape index (κ3) is 5.48. The van der Waals surface area contributed by atoms with Gasteiger partial charge in [-0.25, -0.2) is 4.79 Å². The Morgan fingerprint density at radius 3 is 2.32 bits per heavy atom. The Kier molecular flexibility index (Phi) is 6.25. The minimum Gasteiger partial charge on any atom is -0.368 e. The van der Waals surface area contributed by atoms with Crippen LogP contribution in [0.15, 0.2) is 60.7 Å². The molecular weight excluding hydrogens is 310 g/mol. The van der Waals surface area contributed by atoms with Gasteiger partial charge in [0.25, 0.3) is 0 Å². The molecule has 1 aliphatic rings. The summed E-state index contributed by atoms with van der Waals surface area (Å²) in [7, 11) is 0. The first kappa shape index (κ1) is 17.3. The molecule has 0 aliphatic carbocycles. The van der Waals surface area contributed by atoms with Crippen molar-refractivity contribution in [2.75, 3.05) is 19.6 Å². The topological polar surface area (TPSA) is 29.5 Å². The molecule has 1 heterocycles. The van der Waals surface area contributed by atoms with Gasteiger partial charge < -0.3 is 4.74 Å². The van der Waals surface area contributed by atoms with E-state index in [2.05, 4.69) is 47.3 Å². The summed E-state index contributed by atoms with van der Waals surface area (Å²) < 4.78 is 4.99. The molecule has 0 bridgehead atoms. The SMILES string of the molecule is O=C(OC#CCN1CCC(Cc2ccccc2)CC1)c1ccccc1. The van der Waals surface area contributed by atoms with Crippen molar-refractivity contribution in [3.8, 4) is 12.0 Å². The number of nitrogens with zero attached hydrogens (tertiary/aromatic N) is 1. The first-order chi connectivity index (χ1) is 12.3. The lowest BCUT2D eigenvalue weighted by Crippen LogP contribution is -2.34. The molecule has 128 valence electrons. The molecular formula is C22H23NO2. The maximum absolute atomic E-state index is 11.8. The molecule has 2 aromatic carbocycles. The maximum atomic E-state index is 11.8. The quantitative estimate of drug-likeness (QED) is 0.630. The summed E-state index contributed by atoms with van der Waals surface area (Å²) >= 11 is 0. The van der Waals surface area contributed by atoms with E-state index in [1.807, 2.05) is 18.2 Å². The van der Waals surface area contributed by atoms with Gasteiger partial charge in [0.05, 0.1) is 12.1 Å². The molecule has 1 fully saturated rings. The first-order valence-corrected chi connectivity index (χ1v) is 8.81. The minimum absolute atomic E-state index is 0.394. The van der Waals surface area contributed by atoms with Crippen molar-refractivity contribution in [3.63, 3.8) is 0 Å². The van der Waals surface area contributed by atoms with Gasteiger partial charge in [-0.3, -0.25) is 4.90 Å². The van der Waals surface area contributed by atoms with Gasteiger partial charge in [-0.15, -0.1) is 0 Å². The van der Waals surface area contributed by atoms with E-state index in [0.29, 0.717) is 12.1 Å². The normalized spacial score (nSPS) is 15.2. The van der Waals surface area contributed by atoms with Crippen molar-refractivity contribution >= 4 is 5.97 Å². The first-order valence-electron chi connectivity index (χ1n) is 8.81. The Bertz CT molecular complexity index is 723. The number of carbonyl (C=O) groups is 1. The number of ether oxygens (including phenoxy) is 1. The van der Waals surface area contributed by atoms with Gasteiger partial charge in [0.1, 0.15) is 6.11 Å². The van der Waals surface area contributed by atoms with Crippen molar-refractivity contribution in [1.29, 1.82) is 0 Å². The monoisotopic (exact) mass is 333 g/mol. The molecule has 0 aromatic heterocycles. The van der Waals surface area contributed by atoms with E-state index in [9.17, 15) is 4.79 Å². The number of hydrogen-bond acceptors (Lipinski definition) is 3. The zero-order valence-corrected chi connectivity index (χ0v) is 14.4. The van der Waals surface area contributed by atoms with Crippen LogP contribution in [-0.4, -0.2) is 30.5 Å². The van der Waals surface area contributed by atoms with Crippen LogP contribution >= 0.6 is 0 Å². The van der Waals surface area contributed by atoms with Crippen LogP contribution < -0.4 is 0 Å². The number of benzene rings is 2. The molecule has 1 aliphatic heterocycles. The van der Waals surface area contributed by atoms with Gasteiger partial charge in [0.15, 0.2) is 0 Å². The van der Waals surface area contributed by atoms with E-state index >= 15 is 0 Å². The van der Waals surface area contributed by atoms with E-state index in [1.165, 1.54) is 18.4 Å². The Morgan fingerprint density at radius 2 is 1.64 bits per heavy atom. The van der Waals surface area contributed by atoms with Gasteiger partial charge in [0.2, 0.25) is 0 Å². The van der Waals surface area contributed by atoms with Crippen LogP contribution in [0.2, 0.25) is 0 Å². The zero-order valence-electron chi connectivity index (χ0n) is 14.4. The maximum Gasteiger partial charge on any atom is 0.352 e. The Morgan fingerprint density at radius 1 is 1.00 bits per heavy atom. The van der Waals surface area contributed by atoms with Gasteiger partial charge in [0, 0.05) is 0 Å². The fourth-order valence-corrected chi connectivity index (χ4v) is 3.16. The summed E-state index contributed by atoms with van der Waals surface area (Å²) in [6.45, 7) is 2.76. The summed E-state index contributed by atoms with van der Waals surface area (Å²) in [4.78, 5) is 14.1. The van der Waals surface area contributed by atoms with E-state index in [-0.39, 0.29) is 0 Å². The van der Waals surface area contributed by atoms with Crippen LogP contribution in [0.5, 0.6) is 0 Å². The summed E-state index contributed by atoms with van der Waals surface area (Å²) in [6, 6.07) is 19.6. The third-order valence-electron chi connectivity index (χ3n) is 4.60. The van der Waals surface area contributed by atoms with Crippen LogP contribution in [0, 0.1) is 17.9 Å². The molecule has 0 atom stereocenters. The molecule has 25 heavy (non-hydrogen) atoms. The fourth-order valence-electron chi connectivity index (χ4n) is 3.16. The predicted octanol–water partition coefficient (Wildman–Crippen LogP) is 3.76. The molecule has 0 N–H and O–H groups in total. The van der Waals surface area contributed by atoms with Crippen LogP contribution in [0.4, 0.5) is 0 Å². The van der Waals surface area contributed by atoms with Crippen LogP contribution in [0.1, 0.15) is 28.8 Å². The number of rotatable bonds is 4. The molecule has 0 amide bonds. The highest BCUT2D eigenvalue weighted by Crippen LogP contribution is 2.21. The second kappa shape index (κ2) is 9.05. The minimum atomic E-state index is -0.394. The van der Waals surface area contributed by atoms with Gasteiger partial charge in [-0.05, 0) is 61.9 Å². The van der Waals surface area contributed by atoms with Gasteiger partial charge in [-0.1, -0.05) is 48.5 Å². The van der Waals surface area contributed by atoms with Crippen molar-refractivity contribution in [2.24, 2.45) is 5.92 Å². The molecule has 0 saturated carbocycles. The number of likely N-dealkylation sites (tertiary alicyclic amines) is 1. The highest BCUT2D eigenvalue weighted by molar-refractivity contribution is 5.89. The Labute approximate surface area is 149 Å². The third-order valence-corrected chi connectivity index (χ3v) is 4.60. The highest BCUT2D eigenvalue weighted by Gasteiger charge is 2.18. The lowest BCUT2D eigenvalue weighted by Gasteiger charge is -2.30. The molecule has 0 unspecified atom stereocenters. The van der Waals surface area contributed by atoms with Crippen LogP contribution in [0.3, 0.4) is 0 Å². The number of piperidine rings is 1. The zero-order chi connectivity index (χ0) is 17.3. The van der Waals surface area contributed by atoms with E-state index in [0.717, 1.165) is 25.4 Å². The lowest BCUT2D eigenvalue weighted by molar-refractivity contribution is 0.0690. The second-order valence-corrected chi connectivity index (χ2v) is 6.44. The lowest BCUT2D eigenvalue weighted by atomic mass is 9.90. The summed E-state index contributed by atoms with van der Waals surface area (Å²) in [5.74, 6) is 3.31. The Hall–Kier alpha value is -2.57. The van der Waals surface area contributed by atoms with Gasteiger partial charge >= 0.3 is 5.97 Å². The summed E-state index contributed by atoms with van der Waals surface area (Å²) in [6.07, 6.45) is 6.09. The smallest absolute Gasteiger partial charge is 0.352 e. The molecule has 0 spiro atoms. The summed E-state index contributed by atoms with van der Waals surface area (Å²) in [5, 5.41) is 0. The number of carbonyl (C=O) groups excluding carboxylic acids is 1. The van der Waals surface area contributed by atoms with Crippen molar-refractivity contribution in [1.82, 2.24) is 4.90 Å². The molecule has 3 heteroatoms. The molecule has 3 rings (SSSR count). The largest absolute Gasteiger partial charge is 0.368 e. The average molecular weight is 333 g/mol. The standard InChI is InChI=1S/C22H23NO2/c24-22(21-10-5-2-6-11-21)25-17-7-14-23-15-12-20(13-16-23)18-19-8-3-1-4-9-19/h1-6,8-11,20H,12-16,18H2. The van der Waals surface area contributed by atoms with Crippen LogP contribution in [-0.2, 0) is 11.2 Å². The highest BCUT2D eigenvalue weighted by atomic mass is 16.5. The number of esters is 1. The Balaban J connectivity index is 1.38.